The van der Waals surface area contributed by atoms with E-state index >= 15 is 0 Å². The highest BCUT2D eigenvalue weighted by atomic mass is 15.1. The van der Waals surface area contributed by atoms with Gasteiger partial charge in [-0.25, -0.2) is 0 Å². The summed E-state index contributed by atoms with van der Waals surface area (Å²) in [7, 11) is 0. The Hall–Kier alpha value is -6.38. The third kappa shape index (κ3) is 5.68. The van der Waals surface area contributed by atoms with Gasteiger partial charge in [0.1, 0.15) is 0 Å². The standard InChI is InChI=1S/C51H40N2/c1-2-11-36(10-1)37-20-22-38(23-21-37)39-24-28-42(29-25-39)52(43-30-26-41(27-31-43)47-17-9-13-40-12-3-4-14-46(40)47)44-32-34-45(35-33-44)53-50-18-7-5-15-48(50)49-16-6-8-19-51(49)53/h3-9,12-36H,1-2,10-11H2. The highest BCUT2D eigenvalue weighted by Crippen LogP contribution is 2.40. The molecule has 0 atom stereocenters. The molecule has 254 valence electrons. The highest BCUT2D eigenvalue weighted by Gasteiger charge is 2.18. The van der Waals surface area contributed by atoms with Crippen LogP contribution in [0, 0.1) is 0 Å². The van der Waals surface area contributed by atoms with Crippen molar-refractivity contribution in [2.45, 2.75) is 31.6 Å². The van der Waals surface area contributed by atoms with E-state index in [1.165, 1.54) is 86.1 Å². The summed E-state index contributed by atoms with van der Waals surface area (Å²) in [6.45, 7) is 0. The lowest BCUT2D eigenvalue weighted by molar-refractivity contribution is 0.723. The first-order valence-electron chi connectivity index (χ1n) is 19.0. The molecule has 0 unspecified atom stereocenters. The van der Waals surface area contributed by atoms with E-state index in [2.05, 4.69) is 198 Å². The molecule has 1 saturated carbocycles. The number of para-hydroxylation sites is 2. The van der Waals surface area contributed by atoms with E-state index in [0.717, 1.165) is 28.7 Å². The maximum Gasteiger partial charge on any atom is 0.0541 e. The summed E-state index contributed by atoms with van der Waals surface area (Å²) >= 11 is 0. The molecule has 0 radical (unpaired) electrons. The molecule has 0 bridgehead atoms. The van der Waals surface area contributed by atoms with E-state index in [1.54, 1.807) is 0 Å². The lowest BCUT2D eigenvalue weighted by Gasteiger charge is -2.26. The molecule has 1 fully saturated rings. The van der Waals surface area contributed by atoms with Gasteiger partial charge in [-0.3, -0.25) is 0 Å². The van der Waals surface area contributed by atoms with Crippen molar-refractivity contribution < 1.29 is 0 Å². The number of hydrogen-bond acceptors (Lipinski definition) is 1. The fourth-order valence-corrected chi connectivity index (χ4v) is 8.68. The Morgan fingerprint density at radius 1 is 0.396 bits per heavy atom. The molecule has 0 N–H and O–H groups in total. The molecule has 8 aromatic carbocycles. The molecular formula is C51H40N2. The van der Waals surface area contributed by atoms with Gasteiger partial charge in [0.05, 0.1) is 11.0 Å². The SMILES string of the molecule is c1ccc2c(-c3ccc(N(c4ccc(-c5ccc(C6CCCC6)cc5)cc4)c4ccc(-n5c6ccccc6c6ccccc65)cc4)cc3)cccc2c1. The minimum Gasteiger partial charge on any atom is -0.311 e. The van der Waals surface area contributed by atoms with Crippen LogP contribution in [0.15, 0.2) is 188 Å². The predicted molar refractivity (Wildman–Crippen MR) is 225 cm³/mol. The Balaban J connectivity index is 1.03. The van der Waals surface area contributed by atoms with Crippen LogP contribution in [0.4, 0.5) is 17.1 Å². The Morgan fingerprint density at radius 3 is 1.47 bits per heavy atom. The molecule has 0 amide bonds. The van der Waals surface area contributed by atoms with Crippen molar-refractivity contribution in [1.82, 2.24) is 4.57 Å². The molecule has 1 aliphatic carbocycles. The van der Waals surface area contributed by atoms with Crippen molar-refractivity contribution >= 4 is 49.6 Å². The Kier molecular flexibility index (Phi) is 7.87. The zero-order valence-corrected chi connectivity index (χ0v) is 29.7. The summed E-state index contributed by atoms with van der Waals surface area (Å²) in [6, 6.07) is 69.0. The lowest BCUT2D eigenvalue weighted by atomic mass is 9.95. The quantitative estimate of drug-likeness (QED) is 0.163. The molecule has 2 heteroatoms. The van der Waals surface area contributed by atoms with E-state index in [-0.39, 0.29) is 0 Å². The van der Waals surface area contributed by atoms with E-state index in [0.29, 0.717) is 0 Å². The minimum absolute atomic E-state index is 0.730. The van der Waals surface area contributed by atoms with Crippen LogP contribution in [0.5, 0.6) is 0 Å². The van der Waals surface area contributed by atoms with Gasteiger partial charge in [-0.1, -0.05) is 140 Å². The van der Waals surface area contributed by atoms with Gasteiger partial charge in [-0.15, -0.1) is 0 Å². The highest BCUT2D eigenvalue weighted by molar-refractivity contribution is 6.09. The minimum atomic E-state index is 0.730. The van der Waals surface area contributed by atoms with Crippen LogP contribution >= 0.6 is 0 Å². The fourth-order valence-electron chi connectivity index (χ4n) is 8.68. The largest absolute Gasteiger partial charge is 0.311 e. The van der Waals surface area contributed by atoms with E-state index in [4.69, 9.17) is 0 Å². The molecule has 0 aliphatic heterocycles. The molecule has 0 spiro atoms. The van der Waals surface area contributed by atoms with Crippen LogP contribution in [0.25, 0.3) is 60.5 Å². The van der Waals surface area contributed by atoms with Crippen LogP contribution in [0.3, 0.4) is 0 Å². The lowest BCUT2D eigenvalue weighted by Crippen LogP contribution is -2.10. The normalized spacial score (nSPS) is 13.3. The second kappa shape index (κ2) is 13.3. The molecule has 10 rings (SSSR count). The average Bonchev–Trinajstić information content (AvgIpc) is 3.89. The summed E-state index contributed by atoms with van der Waals surface area (Å²) in [6.07, 6.45) is 5.37. The summed E-state index contributed by atoms with van der Waals surface area (Å²) in [4.78, 5) is 2.37. The van der Waals surface area contributed by atoms with Gasteiger partial charge in [0.15, 0.2) is 0 Å². The van der Waals surface area contributed by atoms with Crippen LogP contribution in [-0.4, -0.2) is 4.57 Å². The number of hydrogen-bond donors (Lipinski definition) is 0. The molecule has 9 aromatic rings. The van der Waals surface area contributed by atoms with E-state index < -0.39 is 0 Å². The monoisotopic (exact) mass is 680 g/mol. The summed E-state index contributed by atoms with van der Waals surface area (Å²) in [5.74, 6) is 0.730. The van der Waals surface area contributed by atoms with Gasteiger partial charge in [-0.05, 0) is 118 Å². The third-order valence-electron chi connectivity index (χ3n) is 11.4. The van der Waals surface area contributed by atoms with Crippen molar-refractivity contribution in [3.8, 4) is 27.9 Å². The molecule has 1 aromatic heterocycles. The Labute approximate surface area is 311 Å². The molecular weight excluding hydrogens is 641 g/mol. The van der Waals surface area contributed by atoms with E-state index in [9.17, 15) is 0 Å². The molecule has 53 heavy (non-hydrogen) atoms. The van der Waals surface area contributed by atoms with Crippen LogP contribution in [-0.2, 0) is 0 Å². The smallest absolute Gasteiger partial charge is 0.0541 e. The maximum atomic E-state index is 2.38. The van der Waals surface area contributed by atoms with Crippen LogP contribution < -0.4 is 4.90 Å². The maximum absolute atomic E-state index is 2.38. The zero-order valence-electron chi connectivity index (χ0n) is 29.7. The molecule has 1 aliphatic rings. The summed E-state index contributed by atoms with van der Waals surface area (Å²) < 4.78 is 2.38. The van der Waals surface area contributed by atoms with Gasteiger partial charge in [0.2, 0.25) is 0 Å². The summed E-state index contributed by atoms with van der Waals surface area (Å²) in [5, 5.41) is 5.07. The van der Waals surface area contributed by atoms with Crippen molar-refractivity contribution in [1.29, 1.82) is 0 Å². The Morgan fingerprint density at radius 2 is 0.868 bits per heavy atom. The number of rotatable bonds is 7. The van der Waals surface area contributed by atoms with Gasteiger partial charge < -0.3 is 9.47 Å². The second-order valence-corrected chi connectivity index (χ2v) is 14.4. The first-order chi connectivity index (χ1) is 26.3. The number of anilines is 3. The van der Waals surface area contributed by atoms with Crippen LogP contribution in [0.1, 0.15) is 37.2 Å². The van der Waals surface area contributed by atoms with Crippen molar-refractivity contribution in [3.05, 3.63) is 194 Å². The van der Waals surface area contributed by atoms with Crippen molar-refractivity contribution in [3.63, 3.8) is 0 Å². The molecule has 0 saturated heterocycles. The zero-order chi connectivity index (χ0) is 35.1. The van der Waals surface area contributed by atoms with E-state index in [1.807, 2.05) is 0 Å². The topological polar surface area (TPSA) is 8.17 Å². The molecule has 2 nitrogen and oxygen atoms in total. The van der Waals surface area contributed by atoms with Crippen molar-refractivity contribution in [2.75, 3.05) is 4.90 Å². The second-order valence-electron chi connectivity index (χ2n) is 14.4. The number of benzene rings is 8. The van der Waals surface area contributed by atoms with Gasteiger partial charge in [0, 0.05) is 33.5 Å². The third-order valence-corrected chi connectivity index (χ3v) is 11.4. The average molecular weight is 681 g/mol. The predicted octanol–water partition coefficient (Wildman–Crippen LogP) is 14.4. The number of nitrogens with zero attached hydrogens (tertiary/aromatic N) is 2. The number of fused-ring (bicyclic) bond motifs is 4. The first-order valence-corrected chi connectivity index (χ1v) is 19.0. The first kappa shape index (κ1) is 31.4. The van der Waals surface area contributed by atoms with Gasteiger partial charge in [-0.2, -0.15) is 0 Å². The number of aromatic nitrogens is 1. The van der Waals surface area contributed by atoms with Gasteiger partial charge >= 0.3 is 0 Å². The fraction of sp³-hybridized carbons (Fsp3) is 0.0980. The van der Waals surface area contributed by atoms with Crippen molar-refractivity contribution in [2.24, 2.45) is 0 Å². The van der Waals surface area contributed by atoms with Crippen LogP contribution in [0.2, 0.25) is 0 Å². The molecule has 1 heterocycles. The summed E-state index contributed by atoms with van der Waals surface area (Å²) in [5.41, 5.74) is 13.4. The Bertz CT molecular complexity index is 2640. The van der Waals surface area contributed by atoms with Gasteiger partial charge in [0.25, 0.3) is 0 Å².